The molecule has 7 nitrogen and oxygen atoms in total. The number of aromatic hydroxyl groups is 1. The fourth-order valence-corrected chi connectivity index (χ4v) is 5.90. The van der Waals surface area contributed by atoms with Crippen LogP contribution in [-0.2, 0) is 33.6 Å². The number of amides is 2. The van der Waals surface area contributed by atoms with Gasteiger partial charge in [0.1, 0.15) is 17.3 Å². The summed E-state index contributed by atoms with van der Waals surface area (Å²) in [5.74, 6) is -0.127. The Balaban J connectivity index is 1.60. The van der Waals surface area contributed by atoms with Crippen LogP contribution in [0.3, 0.4) is 0 Å². The highest BCUT2D eigenvalue weighted by Crippen LogP contribution is 2.25. The van der Waals surface area contributed by atoms with Crippen LogP contribution in [0.15, 0.2) is 42.5 Å². The number of rotatable bonds is 9. The Morgan fingerprint density at radius 1 is 1.21 bits per heavy atom. The molecule has 0 radical (unpaired) electrons. The Morgan fingerprint density at radius 3 is 2.48 bits per heavy atom. The molecule has 2 aromatic carbocycles. The van der Waals surface area contributed by atoms with E-state index in [1.165, 1.54) is 5.56 Å². The van der Waals surface area contributed by atoms with E-state index in [4.69, 9.17) is 5.73 Å². The third kappa shape index (κ3) is 6.50. The lowest BCUT2D eigenvalue weighted by atomic mass is 9.93. The molecule has 2 amide bonds. The lowest BCUT2D eigenvalue weighted by Gasteiger charge is -2.28. The fraction of sp³-hybridized carbons (Fsp3) is 0.440. The molecule has 0 aliphatic carbocycles. The van der Waals surface area contributed by atoms with Crippen molar-refractivity contribution in [3.05, 3.63) is 64.7 Å². The first-order valence-corrected chi connectivity index (χ1v) is 12.7. The van der Waals surface area contributed by atoms with Crippen molar-refractivity contribution in [2.45, 2.75) is 51.1 Å². The van der Waals surface area contributed by atoms with Crippen molar-refractivity contribution < 1.29 is 19.2 Å². The van der Waals surface area contributed by atoms with E-state index in [2.05, 4.69) is 10.6 Å². The molecule has 0 aromatic heterocycles. The summed E-state index contributed by atoms with van der Waals surface area (Å²) in [5.41, 5.74) is 8.79. The van der Waals surface area contributed by atoms with Gasteiger partial charge in [0.2, 0.25) is 5.91 Å². The predicted molar refractivity (Wildman–Crippen MR) is 130 cm³/mol. The van der Waals surface area contributed by atoms with Crippen molar-refractivity contribution in [2.24, 2.45) is 5.73 Å². The highest BCUT2D eigenvalue weighted by atomic mass is 32.2. The lowest BCUT2D eigenvalue weighted by molar-refractivity contribution is -0.133. The topological polar surface area (TPSA) is 128 Å². The van der Waals surface area contributed by atoms with Gasteiger partial charge in [0.25, 0.3) is 5.91 Å². The number of phenols is 1. The molecule has 1 aliphatic rings. The highest BCUT2D eigenvalue weighted by molar-refractivity contribution is 7.91. The van der Waals surface area contributed by atoms with Gasteiger partial charge in [-0.3, -0.25) is 9.59 Å². The zero-order valence-electron chi connectivity index (χ0n) is 19.2. The molecule has 0 spiro atoms. The van der Waals surface area contributed by atoms with E-state index >= 15 is 0 Å². The molecule has 1 saturated heterocycles. The average molecular weight is 472 g/mol. The summed E-state index contributed by atoms with van der Waals surface area (Å²) in [7, 11) is 0. The van der Waals surface area contributed by atoms with Gasteiger partial charge >= 0.3 is 0 Å². The standard InChI is InChI=1S/C25H33N3O4S/c1-17-13-20(29)14-18(2)21(17)15-22(26)23(30)28-25(10-12-33(32)16-25)24(31)27-11-6-9-19-7-4-3-5-8-19/h3-5,7-8,13-14,22,29H,6,9-12,15-16,26H2,1-2H3,(H,27,31)(H,28,30). The molecule has 8 heteroatoms. The van der Waals surface area contributed by atoms with E-state index in [9.17, 15) is 19.2 Å². The van der Waals surface area contributed by atoms with Crippen LogP contribution in [0.25, 0.3) is 0 Å². The van der Waals surface area contributed by atoms with E-state index in [1.807, 2.05) is 44.2 Å². The van der Waals surface area contributed by atoms with Crippen LogP contribution in [0.1, 0.15) is 35.1 Å². The third-order valence-corrected chi connectivity index (χ3v) is 7.65. The number of nitrogens with one attached hydrogen (secondary N) is 2. The number of carbonyl (C=O) groups is 2. The van der Waals surface area contributed by atoms with Gasteiger partial charge in [0.15, 0.2) is 5.54 Å². The van der Waals surface area contributed by atoms with Crippen LogP contribution in [0.2, 0.25) is 0 Å². The van der Waals surface area contributed by atoms with Gasteiger partial charge in [-0.2, -0.15) is 0 Å². The van der Waals surface area contributed by atoms with Crippen molar-refractivity contribution in [3.8, 4) is 5.75 Å². The van der Waals surface area contributed by atoms with E-state index in [0.717, 1.165) is 29.5 Å². The Kier molecular flexibility index (Phi) is 8.40. The summed E-state index contributed by atoms with van der Waals surface area (Å²) in [6, 6.07) is 12.4. The lowest BCUT2D eigenvalue weighted by Crippen LogP contribution is -2.62. The second-order valence-corrected chi connectivity index (χ2v) is 10.4. The minimum Gasteiger partial charge on any atom is -0.616 e. The fourth-order valence-electron chi connectivity index (χ4n) is 4.28. The second kappa shape index (κ2) is 11.0. The molecule has 33 heavy (non-hydrogen) atoms. The van der Waals surface area contributed by atoms with Crippen LogP contribution in [0, 0.1) is 13.8 Å². The molecule has 1 fully saturated rings. The van der Waals surface area contributed by atoms with Gasteiger partial charge < -0.3 is 26.0 Å². The van der Waals surface area contributed by atoms with Crippen molar-refractivity contribution in [1.82, 2.24) is 10.6 Å². The first-order chi connectivity index (χ1) is 15.7. The largest absolute Gasteiger partial charge is 0.616 e. The first kappa shape index (κ1) is 25.1. The molecule has 3 rings (SSSR count). The summed E-state index contributed by atoms with van der Waals surface area (Å²) in [6.07, 6.45) is 2.20. The van der Waals surface area contributed by atoms with Crippen LogP contribution >= 0.6 is 0 Å². The number of nitrogens with two attached hydrogens (primary N) is 1. The van der Waals surface area contributed by atoms with Gasteiger partial charge in [-0.15, -0.1) is 0 Å². The van der Waals surface area contributed by atoms with Crippen molar-refractivity contribution >= 4 is 23.0 Å². The zero-order chi connectivity index (χ0) is 24.0. The van der Waals surface area contributed by atoms with Crippen LogP contribution in [0.4, 0.5) is 0 Å². The maximum absolute atomic E-state index is 13.1. The summed E-state index contributed by atoms with van der Waals surface area (Å²) < 4.78 is 12.2. The third-order valence-electron chi connectivity index (χ3n) is 6.17. The maximum atomic E-state index is 13.1. The minimum atomic E-state index is -1.20. The molecule has 5 N–H and O–H groups in total. The van der Waals surface area contributed by atoms with Crippen LogP contribution in [-0.4, -0.2) is 51.1 Å². The smallest absolute Gasteiger partial charge is 0.250 e. The SMILES string of the molecule is Cc1cc(O)cc(C)c1CC(N)C(=O)NC1(C(=O)NCCCc2ccccc2)CC[S+]([O-])C1. The van der Waals surface area contributed by atoms with Gasteiger partial charge in [-0.05, 0) is 67.5 Å². The Bertz CT molecular complexity index is 962. The van der Waals surface area contributed by atoms with E-state index < -0.39 is 28.7 Å². The zero-order valence-corrected chi connectivity index (χ0v) is 20.0. The first-order valence-electron chi connectivity index (χ1n) is 11.2. The number of carbonyl (C=O) groups excluding carboxylic acids is 2. The molecular weight excluding hydrogens is 438 g/mol. The molecular formula is C25H33N3O4S. The molecule has 0 saturated carbocycles. The van der Waals surface area contributed by atoms with Crippen molar-refractivity contribution in [1.29, 1.82) is 0 Å². The minimum absolute atomic E-state index is 0.0905. The Hall–Kier alpha value is -2.55. The maximum Gasteiger partial charge on any atom is 0.250 e. The molecule has 1 aliphatic heterocycles. The number of aryl methyl sites for hydroxylation is 3. The highest BCUT2D eigenvalue weighted by Gasteiger charge is 2.49. The summed E-state index contributed by atoms with van der Waals surface area (Å²) >= 11 is -1.17. The normalized spacial score (nSPS) is 20.9. The van der Waals surface area contributed by atoms with Gasteiger partial charge in [0, 0.05) is 13.0 Å². The summed E-state index contributed by atoms with van der Waals surface area (Å²) in [5, 5.41) is 15.5. The number of phenolic OH excluding ortho intramolecular Hbond substituents is 1. The van der Waals surface area contributed by atoms with E-state index in [0.29, 0.717) is 18.7 Å². The van der Waals surface area contributed by atoms with Crippen LogP contribution in [0.5, 0.6) is 5.75 Å². The van der Waals surface area contributed by atoms with Crippen molar-refractivity contribution in [3.63, 3.8) is 0 Å². The molecule has 2 aromatic rings. The average Bonchev–Trinajstić information content (AvgIpc) is 3.15. The van der Waals surface area contributed by atoms with Gasteiger partial charge in [-0.25, -0.2) is 0 Å². The number of benzene rings is 2. The summed E-state index contributed by atoms with van der Waals surface area (Å²) in [6.45, 7) is 4.18. The summed E-state index contributed by atoms with van der Waals surface area (Å²) in [4.78, 5) is 26.0. The van der Waals surface area contributed by atoms with E-state index in [-0.39, 0.29) is 23.8 Å². The van der Waals surface area contributed by atoms with Gasteiger partial charge in [0.05, 0.1) is 6.04 Å². The van der Waals surface area contributed by atoms with E-state index in [1.54, 1.807) is 12.1 Å². The molecule has 3 unspecified atom stereocenters. The Labute approximate surface area is 198 Å². The number of hydrogen-bond donors (Lipinski definition) is 4. The van der Waals surface area contributed by atoms with Crippen molar-refractivity contribution in [2.75, 3.05) is 18.1 Å². The quantitative estimate of drug-likeness (QED) is 0.327. The molecule has 0 bridgehead atoms. The van der Waals surface area contributed by atoms with Gasteiger partial charge in [-0.1, -0.05) is 41.5 Å². The second-order valence-electron chi connectivity index (χ2n) is 8.82. The predicted octanol–water partition coefficient (Wildman–Crippen LogP) is 1.64. The number of hydrogen-bond acceptors (Lipinski definition) is 5. The molecule has 178 valence electrons. The Morgan fingerprint density at radius 2 is 1.88 bits per heavy atom. The monoisotopic (exact) mass is 471 g/mol. The molecule has 1 heterocycles. The molecule has 3 atom stereocenters. The van der Waals surface area contributed by atoms with Crippen LogP contribution < -0.4 is 16.4 Å².